The summed E-state index contributed by atoms with van der Waals surface area (Å²) in [7, 11) is 0. The van der Waals surface area contributed by atoms with Crippen molar-refractivity contribution in [2.45, 2.75) is 6.92 Å². The molecule has 138 valence electrons. The molecule has 0 saturated carbocycles. The maximum absolute atomic E-state index is 12.5. The fourth-order valence-corrected chi connectivity index (χ4v) is 3.64. The molecule has 4 aromatic rings. The van der Waals surface area contributed by atoms with Crippen molar-refractivity contribution < 1.29 is 9.59 Å². The highest BCUT2D eigenvalue weighted by atomic mass is 32.1. The summed E-state index contributed by atoms with van der Waals surface area (Å²) in [6.45, 7) is 1.43. The molecule has 3 aromatic carbocycles. The number of carbonyl (C=O) groups is 2. The third-order valence-electron chi connectivity index (χ3n) is 4.22. The molecule has 0 radical (unpaired) electrons. The minimum absolute atomic E-state index is 0.183. The summed E-state index contributed by atoms with van der Waals surface area (Å²) >= 11 is 1.37. The molecule has 6 heteroatoms. The van der Waals surface area contributed by atoms with E-state index in [0.29, 0.717) is 16.4 Å². The SMILES string of the molecule is CC(=O)Nc1cccc(C(=O)Nc2nc(-c3ccc4ccccc4c3)cs2)c1. The number of rotatable bonds is 4. The lowest BCUT2D eigenvalue weighted by molar-refractivity contribution is -0.114. The van der Waals surface area contributed by atoms with Crippen molar-refractivity contribution in [3.63, 3.8) is 0 Å². The third-order valence-corrected chi connectivity index (χ3v) is 4.97. The van der Waals surface area contributed by atoms with Crippen LogP contribution in [-0.2, 0) is 4.79 Å². The van der Waals surface area contributed by atoms with Crippen molar-refractivity contribution in [3.05, 3.63) is 77.7 Å². The number of thiazole rings is 1. The molecule has 0 unspecified atom stereocenters. The third kappa shape index (κ3) is 3.92. The molecule has 2 N–H and O–H groups in total. The first-order valence-corrected chi connectivity index (χ1v) is 9.60. The summed E-state index contributed by atoms with van der Waals surface area (Å²) in [5.74, 6) is -0.455. The van der Waals surface area contributed by atoms with Gasteiger partial charge in [0.05, 0.1) is 5.69 Å². The molecule has 0 aliphatic rings. The number of benzene rings is 3. The summed E-state index contributed by atoms with van der Waals surface area (Å²) in [5.41, 5.74) is 2.85. The lowest BCUT2D eigenvalue weighted by Crippen LogP contribution is -2.13. The monoisotopic (exact) mass is 387 g/mol. The number of hydrogen-bond acceptors (Lipinski definition) is 4. The molecule has 0 atom stereocenters. The van der Waals surface area contributed by atoms with Crippen molar-refractivity contribution in [3.8, 4) is 11.3 Å². The van der Waals surface area contributed by atoms with E-state index in [1.807, 2.05) is 23.6 Å². The Morgan fingerprint density at radius 1 is 0.893 bits per heavy atom. The van der Waals surface area contributed by atoms with Gasteiger partial charge in [-0.1, -0.05) is 42.5 Å². The molecule has 2 amide bonds. The van der Waals surface area contributed by atoms with Crippen molar-refractivity contribution in [1.82, 2.24) is 4.98 Å². The molecular weight excluding hydrogens is 370 g/mol. The van der Waals surface area contributed by atoms with E-state index < -0.39 is 0 Å². The van der Waals surface area contributed by atoms with Gasteiger partial charge in [-0.3, -0.25) is 14.9 Å². The predicted octanol–water partition coefficient (Wildman–Crippen LogP) is 5.17. The van der Waals surface area contributed by atoms with Gasteiger partial charge in [0.15, 0.2) is 5.13 Å². The van der Waals surface area contributed by atoms with Gasteiger partial charge >= 0.3 is 0 Å². The van der Waals surface area contributed by atoms with Gasteiger partial charge in [-0.25, -0.2) is 4.98 Å². The Kier molecular flexibility index (Phi) is 4.87. The lowest BCUT2D eigenvalue weighted by Gasteiger charge is -2.05. The molecule has 0 saturated heterocycles. The van der Waals surface area contributed by atoms with Crippen LogP contribution in [0.15, 0.2) is 72.1 Å². The van der Waals surface area contributed by atoms with E-state index >= 15 is 0 Å². The number of aromatic nitrogens is 1. The van der Waals surface area contributed by atoms with Crippen LogP contribution in [0.25, 0.3) is 22.0 Å². The van der Waals surface area contributed by atoms with Gasteiger partial charge in [-0.05, 0) is 35.0 Å². The van der Waals surface area contributed by atoms with E-state index in [2.05, 4.69) is 39.9 Å². The zero-order valence-electron chi connectivity index (χ0n) is 15.1. The molecule has 1 heterocycles. The second kappa shape index (κ2) is 7.62. The van der Waals surface area contributed by atoms with E-state index in [-0.39, 0.29) is 11.8 Å². The summed E-state index contributed by atoms with van der Waals surface area (Å²) in [6, 6.07) is 21.1. The zero-order valence-corrected chi connectivity index (χ0v) is 15.9. The molecular formula is C22H17N3O2S. The normalized spacial score (nSPS) is 10.6. The van der Waals surface area contributed by atoms with E-state index in [9.17, 15) is 9.59 Å². The largest absolute Gasteiger partial charge is 0.326 e. The Morgan fingerprint density at radius 3 is 2.54 bits per heavy atom. The van der Waals surface area contributed by atoms with Crippen LogP contribution in [-0.4, -0.2) is 16.8 Å². The van der Waals surface area contributed by atoms with Gasteiger partial charge in [-0.2, -0.15) is 0 Å². The molecule has 28 heavy (non-hydrogen) atoms. The summed E-state index contributed by atoms with van der Waals surface area (Å²) in [6.07, 6.45) is 0. The maximum atomic E-state index is 12.5. The minimum Gasteiger partial charge on any atom is -0.326 e. The standard InChI is InChI=1S/C22H17N3O2S/c1-14(26)23-19-8-4-7-18(12-19)21(27)25-22-24-20(13-28-22)17-10-9-15-5-2-3-6-16(15)11-17/h2-13H,1H3,(H,23,26)(H,24,25,27). The fraction of sp³-hybridized carbons (Fsp3) is 0.0455. The number of amides is 2. The van der Waals surface area contributed by atoms with E-state index in [1.54, 1.807) is 24.3 Å². The minimum atomic E-state index is -0.272. The first-order valence-electron chi connectivity index (χ1n) is 8.72. The molecule has 0 bridgehead atoms. The molecule has 4 rings (SSSR count). The number of nitrogens with zero attached hydrogens (tertiary/aromatic N) is 1. The number of anilines is 2. The molecule has 0 aliphatic heterocycles. The Hall–Kier alpha value is -3.51. The van der Waals surface area contributed by atoms with Gasteiger partial charge < -0.3 is 5.32 Å². The Labute approximate surface area is 166 Å². The second-order valence-electron chi connectivity index (χ2n) is 6.32. The van der Waals surface area contributed by atoms with Crippen LogP contribution in [0.1, 0.15) is 17.3 Å². The van der Waals surface area contributed by atoms with E-state index in [4.69, 9.17) is 0 Å². The predicted molar refractivity (Wildman–Crippen MR) is 114 cm³/mol. The first kappa shape index (κ1) is 17.9. The van der Waals surface area contributed by atoms with Crippen LogP contribution in [0.2, 0.25) is 0 Å². The molecule has 0 spiro atoms. The Morgan fingerprint density at radius 2 is 1.71 bits per heavy atom. The zero-order chi connectivity index (χ0) is 19.5. The van der Waals surface area contributed by atoms with Crippen LogP contribution in [0.3, 0.4) is 0 Å². The summed E-state index contributed by atoms with van der Waals surface area (Å²) < 4.78 is 0. The van der Waals surface area contributed by atoms with E-state index in [0.717, 1.165) is 16.6 Å². The number of fused-ring (bicyclic) bond motifs is 1. The lowest BCUT2D eigenvalue weighted by atomic mass is 10.1. The van der Waals surface area contributed by atoms with Gasteiger partial charge in [0.25, 0.3) is 5.91 Å². The highest BCUT2D eigenvalue weighted by molar-refractivity contribution is 7.14. The first-order chi connectivity index (χ1) is 13.6. The Bertz CT molecular complexity index is 1180. The van der Waals surface area contributed by atoms with Crippen LogP contribution in [0.5, 0.6) is 0 Å². The van der Waals surface area contributed by atoms with Crippen molar-refractivity contribution in [2.24, 2.45) is 0 Å². The van der Waals surface area contributed by atoms with Crippen LogP contribution in [0.4, 0.5) is 10.8 Å². The molecule has 0 aliphatic carbocycles. The summed E-state index contributed by atoms with van der Waals surface area (Å²) in [4.78, 5) is 28.2. The van der Waals surface area contributed by atoms with Crippen LogP contribution >= 0.6 is 11.3 Å². The number of hydrogen-bond donors (Lipinski definition) is 2. The van der Waals surface area contributed by atoms with Crippen LogP contribution in [0, 0.1) is 0 Å². The summed E-state index contributed by atoms with van der Waals surface area (Å²) in [5, 5.41) is 10.3. The topological polar surface area (TPSA) is 71.1 Å². The van der Waals surface area contributed by atoms with Gasteiger partial charge in [0.2, 0.25) is 5.91 Å². The maximum Gasteiger partial charge on any atom is 0.257 e. The Balaban J connectivity index is 1.52. The van der Waals surface area contributed by atoms with Crippen LogP contribution < -0.4 is 10.6 Å². The van der Waals surface area contributed by atoms with Gasteiger partial charge in [-0.15, -0.1) is 11.3 Å². The average Bonchev–Trinajstić information content (AvgIpc) is 3.16. The van der Waals surface area contributed by atoms with Crippen molar-refractivity contribution in [1.29, 1.82) is 0 Å². The van der Waals surface area contributed by atoms with Gasteiger partial charge in [0.1, 0.15) is 0 Å². The van der Waals surface area contributed by atoms with E-state index in [1.165, 1.54) is 23.6 Å². The highest BCUT2D eigenvalue weighted by Gasteiger charge is 2.11. The second-order valence-corrected chi connectivity index (χ2v) is 7.17. The molecule has 0 fully saturated rings. The van der Waals surface area contributed by atoms with Crippen molar-refractivity contribution >= 4 is 44.7 Å². The number of carbonyl (C=O) groups excluding carboxylic acids is 2. The quantitative estimate of drug-likeness (QED) is 0.507. The number of nitrogens with one attached hydrogen (secondary N) is 2. The average molecular weight is 387 g/mol. The van der Waals surface area contributed by atoms with Gasteiger partial charge in [0, 0.05) is 29.1 Å². The molecule has 5 nitrogen and oxygen atoms in total. The smallest absolute Gasteiger partial charge is 0.257 e. The fourth-order valence-electron chi connectivity index (χ4n) is 2.92. The highest BCUT2D eigenvalue weighted by Crippen LogP contribution is 2.28. The molecule has 1 aromatic heterocycles. The van der Waals surface area contributed by atoms with Crippen molar-refractivity contribution in [2.75, 3.05) is 10.6 Å².